The number of nitrogens with one attached hydrogen (secondary N) is 1. The molecule has 2 aromatic rings. The van der Waals surface area contributed by atoms with E-state index in [-0.39, 0.29) is 29.5 Å². The number of hydrogen-bond donors (Lipinski definition) is 2. The molecule has 0 aliphatic carbocycles. The number of halogens is 3. The van der Waals surface area contributed by atoms with E-state index in [4.69, 9.17) is 32.7 Å². The molecule has 160 valence electrons. The van der Waals surface area contributed by atoms with Crippen molar-refractivity contribution in [2.45, 2.75) is 18.9 Å². The number of hydrogen-bond acceptors (Lipinski definition) is 4. The van der Waals surface area contributed by atoms with Crippen molar-refractivity contribution in [3.8, 4) is 5.75 Å². The van der Waals surface area contributed by atoms with Gasteiger partial charge in [0.1, 0.15) is 17.7 Å². The van der Waals surface area contributed by atoms with E-state index >= 15 is 0 Å². The maximum Gasteiger partial charge on any atom is 0.262 e. The minimum absolute atomic E-state index is 0.0427. The summed E-state index contributed by atoms with van der Waals surface area (Å²) in [7, 11) is 0. The van der Waals surface area contributed by atoms with Crippen LogP contribution in [0.3, 0.4) is 0 Å². The maximum atomic E-state index is 13.4. The van der Waals surface area contributed by atoms with Crippen LogP contribution in [0.1, 0.15) is 12.0 Å². The fourth-order valence-electron chi connectivity index (χ4n) is 2.38. The van der Waals surface area contributed by atoms with Crippen LogP contribution in [0.4, 0.5) is 4.39 Å². The molecule has 30 heavy (non-hydrogen) atoms. The minimum Gasteiger partial charge on any atom is -0.498 e. The average molecular weight is 454 g/mol. The Hall–Kier alpha value is -2.54. The van der Waals surface area contributed by atoms with Gasteiger partial charge in [0.15, 0.2) is 6.61 Å². The monoisotopic (exact) mass is 453 g/mol. The summed E-state index contributed by atoms with van der Waals surface area (Å²) in [5.41, 5.74) is 1.14. The molecular weight excluding hydrogens is 432 g/mol. The molecule has 0 bridgehead atoms. The van der Waals surface area contributed by atoms with Crippen LogP contribution in [0.5, 0.6) is 5.75 Å². The van der Waals surface area contributed by atoms with E-state index in [1.165, 1.54) is 12.1 Å². The summed E-state index contributed by atoms with van der Waals surface area (Å²) in [5, 5.41) is 13.2. The van der Waals surface area contributed by atoms with Crippen LogP contribution in [0, 0.1) is 5.82 Å². The van der Waals surface area contributed by atoms with Crippen LogP contribution in [-0.2, 0) is 16.0 Å². The van der Waals surface area contributed by atoms with Crippen molar-refractivity contribution in [1.29, 1.82) is 0 Å². The normalized spacial score (nSPS) is 11.5. The topological polar surface area (TPSA) is 67.8 Å². The molecule has 2 aromatic carbocycles. The van der Waals surface area contributed by atoms with Gasteiger partial charge in [0, 0.05) is 29.6 Å². The Morgan fingerprint density at radius 2 is 1.87 bits per heavy atom. The Morgan fingerprint density at radius 3 is 2.53 bits per heavy atom. The quantitative estimate of drug-likeness (QED) is 0.485. The number of benzene rings is 2. The molecule has 0 aliphatic heterocycles. The zero-order valence-corrected chi connectivity index (χ0v) is 17.7. The lowest BCUT2D eigenvalue weighted by Gasteiger charge is -2.17. The summed E-state index contributed by atoms with van der Waals surface area (Å²) in [4.78, 5) is 11.9. The lowest BCUT2D eigenvalue weighted by Crippen LogP contribution is -2.33. The predicted molar refractivity (Wildman–Crippen MR) is 115 cm³/mol. The highest BCUT2D eigenvalue weighted by molar-refractivity contribution is 6.30. The molecule has 1 atom stereocenters. The van der Waals surface area contributed by atoms with Crippen LogP contribution in [0.2, 0.25) is 10.0 Å². The summed E-state index contributed by atoms with van der Waals surface area (Å²) < 4.78 is 24.1. The first-order valence-electron chi connectivity index (χ1n) is 9.04. The van der Waals surface area contributed by atoms with E-state index in [1.54, 1.807) is 12.1 Å². The van der Waals surface area contributed by atoms with Crippen molar-refractivity contribution in [3.05, 3.63) is 88.5 Å². The number of carbonyl (C=O) groups is 1. The Balaban J connectivity index is 1.68. The molecule has 2 N–H and O–H groups in total. The highest BCUT2D eigenvalue weighted by Crippen LogP contribution is 2.20. The van der Waals surface area contributed by atoms with Crippen LogP contribution >= 0.6 is 23.2 Å². The van der Waals surface area contributed by atoms with E-state index in [9.17, 15) is 14.3 Å². The van der Waals surface area contributed by atoms with Gasteiger partial charge in [-0.3, -0.25) is 4.79 Å². The summed E-state index contributed by atoms with van der Waals surface area (Å²) in [6.07, 6.45) is -0.347. The standard InChI is InChI=1S/C22H22Cl2FNO4/c1-14(29-10-9-16-3-5-17(23)6-4-16)11-21(27)15(2)26-22(28)13-30-18-7-8-19(24)20(25)12-18/h3-8,12,21,27H,1-2,9-11,13H2,(H,26,28). The molecule has 0 saturated carbocycles. The van der Waals surface area contributed by atoms with Gasteiger partial charge in [0.05, 0.1) is 17.4 Å². The summed E-state index contributed by atoms with van der Waals surface area (Å²) in [6.45, 7) is 7.41. The molecular formula is C22H22Cl2FNO4. The smallest absolute Gasteiger partial charge is 0.262 e. The van der Waals surface area contributed by atoms with Crippen LogP contribution < -0.4 is 10.1 Å². The highest BCUT2D eigenvalue weighted by atomic mass is 35.5. The predicted octanol–water partition coefficient (Wildman–Crippen LogP) is 4.67. The van der Waals surface area contributed by atoms with Gasteiger partial charge in [0.25, 0.3) is 5.91 Å². The average Bonchev–Trinajstić information content (AvgIpc) is 2.70. The fraction of sp³-hybridized carbons (Fsp3) is 0.227. The number of rotatable bonds is 11. The Bertz CT molecular complexity index is 903. The molecule has 0 aromatic heterocycles. The number of ether oxygens (including phenoxy) is 2. The zero-order valence-electron chi connectivity index (χ0n) is 16.2. The fourth-order valence-corrected chi connectivity index (χ4v) is 2.62. The number of carbonyl (C=O) groups excluding carboxylic acids is 1. The Kier molecular flexibility index (Phi) is 9.17. The van der Waals surface area contributed by atoms with E-state index < -0.39 is 17.8 Å². The van der Waals surface area contributed by atoms with Gasteiger partial charge >= 0.3 is 0 Å². The largest absolute Gasteiger partial charge is 0.498 e. The first-order chi connectivity index (χ1) is 14.2. The van der Waals surface area contributed by atoms with Crippen molar-refractivity contribution in [1.82, 2.24) is 5.32 Å². The molecule has 1 unspecified atom stereocenters. The van der Waals surface area contributed by atoms with Crippen molar-refractivity contribution in [2.75, 3.05) is 13.2 Å². The molecule has 0 fully saturated rings. The second-order valence-electron chi connectivity index (χ2n) is 6.42. The molecule has 0 saturated heterocycles. The number of aliphatic hydroxyl groups is 1. The first kappa shape index (κ1) is 23.7. The molecule has 5 nitrogen and oxygen atoms in total. The molecule has 0 heterocycles. The summed E-state index contributed by atoms with van der Waals surface area (Å²) >= 11 is 11.4. The van der Waals surface area contributed by atoms with Crippen LogP contribution in [-0.4, -0.2) is 30.3 Å². The van der Waals surface area contributed by atoms with Crippen molar-refractivity contribution in [3.63, 3.8) is 0 Å². The third-order valence-corrected chi connectivity index (χ3v) is 4.55. The van der Waals surface area contributed by atoms with Crippen LogP contribution in [0.15, 0.2) is 67.1 Å². The second kappa shape index (κ2) is 11.6. The van der Waals surface area contributed by atoms with E-state index in [2.05, 4.69) is 18.5 Å². The van der Waals surface area contributed by atoms with E-state index in [1.807, 2.05) is 12.1 Å². The van der Waals surface area contributed by atoms with Crippen molar-refractivity contribution >= 4 is 29.1 Å². The van der Waals surface area contributed by atoms with Gasteiger partial charge < -0.3 is 19.9 Å². The van der Waals surface area contributed by atoms with Gasteiger partial charge in [0.2, 0.25) is 0 Å². The van der Waals surface area contributed by atoms with Crippen molar-refractivity contribution in [2.24, 2.45) is 0 Å². The number of amides is 1. The lowest BCUT2D eigenvalue weighted by atomic mass is 10.1. The molecule has 1 amide bonds. The third kappa shape index (κ3) is 8.06. The maximum absolute atomic E-state index is 13.4. The molecule has 0 aliphatic rings. The van der Waals surface area contributed by atoms with Crippen molar-refractivity contribution < 1.29 is 23.8 Å². The zero-order chi connectivity index (χ0) is 22.1. The van der Waals surface area contributed by atoms with Gasteiger partial charge in [-0.2, -0.15) is 0 Å². The molecule has 0 spiro atoms. The third-order valence-electron chi connectivity index (χ3n) is 3.99. The van der Waals surface area contributed by atoms with Gasteiger partial charge in [-0.15, -0.1) is 0 Å². The second-order valence-corrected chi connectivity index (χ2v) is 7.27. The lowest BCUT2D eigenvalue weighted by molar-refractivity contribution is -0.122. The SMILES string of the molecule is C=C(CC(O)C(=C)NC(=O)COc1ccc(Cl)c(F)c1)OCCc1ccc(Cl)cc1. The van der Waals surface area contributed by atoms with E-state index in [0.717, 1.165) is 11.6 Å². The summed E-state index contributed by atoms with van der Waals surface area (Å²) in [5.74, 6) is -0.687. The van der Waals surface area contributed by atoms with Gasteiger partial charge in [-0.1, -0.05) is 48.5 Å². The highest BCUT2D eigenvalue weighted by Gasteiger charge is 2.15. The molecule has 2 rings (SSSR count). The van der Waals surface area contributed by atoms with Gasteiger partial charge in [-0.25, -0.2) is 4.39 Å². The number of aliphatic hydroxyl groups excluding tert-OH is 1. The Labute approximate surface area is 184 Å². The summed E-state index contributed by atoms with van der Waals surface area (Å²) in [6, 6.07) is 11.2. The molecule has 0 radical (unpaired) electrons. The molecule has 8 heteroatoms. The first-order valence-corrected chi connectivity index (χ1v) is 9.79. The van der Waals surface area contributed by atoms with E-state index in [0.29, 0.717) is 23.8 Å². The van der Waals surface area contributed by atoms with Gasteiger partial charge in [-0.05, 0) is 29.8 Å². The Morgan fingerprint density at radius 1 is 1.17 bits per heavy atom. The van der Waals surface area contributed by atoms with Crippen LogP contribution in [0.25, 0.3) is 0 Å². The minimum atomic E-state index is -1.08.